The third-order valence-corrected chi connectivity index (χ3v) is 18.7. The van der Waals surface area contributed by atoms with Crippen LogP contribution in [-0.4, -0.2) is 60.6 Å². The first kappa shape index (κ1) is 41.5. The van der Waals surface area contributed by atoms with E-state index in [1.165, 1.54) is 5.57 Å². The molecule has 1 heterocycles. The van der Waals surface area contributed by atoms with E-state index in [9.17, 15) is 24.6 Å². The van der Waals surface area contributed by atoms with Gasteiger partial charge in [0.25, 0.3) is 0 Å². The minimum Gasteiger partial charge on any atom is -0.481 e. The number of fused-ring (bicyclic) bond motifs is 7. The van der Waals surface area contributed by atoms with Gasteiger partial charge in [-0.05, 0) is 117 Å². The molecule has 0 spiro atoms. The van der Waals surface area contributed by atoms with E-state index in [-0.39, 0.29) is 51.8 Å². The summed E-state index contributed by atoms with van der Waals surface area (Å²) in [4.78, 5) is 48.2. The molecular formula is C44H63ClIN3O6. The van der Waals surface area contributed by atoms with Crippen molar-refractivity contribution in [2.75, 3.05) is 6.54 Å². The minimum atomic E-state index is -1.17. The lowest BCUT2D eigenvalue weighted by atomic mass is 9.33. The zero-order valence-electron chi connectivity index (χ0n) is 34.4. The van der Waals surface area contributed by atoms with Gasteiger partial charge in [0, 0.05) is 40.1 Å². The summed E-state index contributed by atoms with van der Waals surface area (Å²) < 4.78 is 6.47. The number of hydrogen-bond acceptors (Lipinski definition) is 8. The molecule has 304 valence electrons. The van der Waals surface area contributed by atoms with Crippen LogP contribution < -0.4 is 5.32 Å². The number of aliphatic carboxylic acids is 1. The fraction of sp³-hybridized carbons (Fsp3) is 0.795. The maximum atomic E-state index is 14.2. The van der Waals surface area contributed by atoms with Gasteiger partial charge in [-0.15, -0.1) is 0 Å². The first-order valence-corrected chi connectivity index (χ1v) is 22.4. The Hall–Kier alpha value is -1.63. The molecule has 2 unspecified atom stereocenters. The summed E-state index contributed by atoms with van der Waals surface area (Å²) in [6.45, 7) is 20.0. The molecular weight excluding hydrogens is 829 g/mol. The van der Waals surface area contributed by atoms with Gasteiger partial charge in [0.1, 0.15) is 11.9 Å². The molecule has 0 aliphatic heterocycles. The van der Waals surface area contributed by atoms with Crippen LogP contribution >= 0.6 is 34.2 Å². The SMILES string of the molecule is CC(C)C1=C2[C@H]3CC[C@@H]4[C@@]5(C)CC[C@H](OC(=O)CC(C)(C)C(=O)O)C(C)(C)[C@@H]5CC[C@@]4(C)[C@]3(C)CC[C@@]2([C@H](O)CNC2(c3ncc(Cl)cn3)CC2I)CC1=O. The predicted molar refractivity (Wildman–Crippen MR) is 220 cm³/mol. The second-order valence-corrected chi connectivity index (χ2v) is 22.8. The van der Waals surface area contributed by atoms with Crippen molar-refractivity contribution in [2.45, 2.75) is 155 Å². The van der Waals surface area contributed by atoms with Crippen molar-refractivity contribution in [1.82, 2.24) is 15.3 Å². The van der Waals surface area contributed by atoms with E-state index in [0.29, 0.717) is 39.6 Å². The summed E-state index contributed by atoms with van der Waals surface area (Å²) in [6, 6.07) is 0. The largest absolute Gasteiger partial charge is 0.481 e. The Kier molecular flexibility index (Phi) is 10.4. The average molecular weight is 892 g/mol. The van der Waals surface area contributed by atoms with Crippen LogP contribution in [0.1, 0.15) is 139 Å². The maximum Gasteiger partial charge on any atom is 0.309 e. The Balaban J connectivity index is 1.15. The summed E-state index contributed by atoms with van der Waals surface area (Å²) in [6.07, 6.45) is 11.1. The monoisotopic (exact) mass is 891 g/mol. The van der Waals surface area contributed by atoms with Crippen LogP contribution in [0.4, 0.5) is 0 Å². The summed E-state index contributed by atoms with van der Waals surface area (Å²) in [5, 5.41) is 26.3. The lowest BCUT2D eigenvalue weighted by molar-refractivity contribution is -0.235. The second-order valence-electron chi connectivity index (χ2n) is 20.8. The molecule has 0 saturated heterocycles. The van der Waals surface area contributed by atoms with Crippen molar-refractivity contribution in [3.63, 3.8) is 0 Å². The molecule has 5 saturated carbocycles. The molecule has 11 heteroatoms. The van der Waals surface area contributed by atoms with Crippen LogP contribution in [0, 0.1) is 56.2 Å². The number of halogens is 2. The topological polar surface area (TPSA) is 139 Å². The van der Waals surface area contributed by atoms with Crippen LogP contribution in [0.5, 0.6) is 0 Å². The number of rotatable bonds is 10. The van der Waals surface area contributed by atoms with Gasteiger partial charge in [0.15, 0.2) is 5.78 Å². The van der Waals surface area contributed by atoms with Crippen LogP contribution in [0.25, 0.3) is 0 Å². The molecule has 6 aliphatic carbocycles. The highest BCUT2D eigenvalue weighted by molar-refractivity contribution is 14.1. The van der Waals surface area contributed by atoms with Gasteiger partial charge in [-0.1, -0.05) is 88.2 Å². The number of carbonyl (C=O) groups excluding carboxylic acids is 2. The van der Waals surface area contributed by atoms with Crippen LogP contribution in [0.3, 0.4) is 0 Å². The van der Waals surface area contributed by atoms with Crippen molar-refractivity contribution in [2.24, 2.45) is 56.2 Å². The molecule has 6 aliphatic rings. The number of nitrogens with one attached hydrogen (secondary N) is 1. The molecule has 0 aromatic carbocycles. The Morgan fingerprint density at radius 3 is 2.25 bits per heavy atom. The van der Waals surface area contributed by atoms with Gasteiger partial charge < -0.3 is 20.3 Å². The van der Waals surface area contributed by atoms with E-state index in [2.05, 4.69) is 86.3 Å². The van der Waals surface area contributed by atoms with E-state index in [1.807, 2.05) is 0 Å². The summed E-state index contributed by atoms with van der Waals surface area (Å²) in [7, 11) is 0. The molecule has 0 bridgehead atoms. The van der Waals surface area contributed by atoms with Crippen molar-refractivity contribution in [1.29, 1.82) is 0 Å². The lowest BCUT2D eigenvalue weighted by Crippen LogP contribution is -2.66. The molecule has 5 fully saturated rings. The standard InChI is InChI=1S/C44H63ClIN3O6/c1-24(2)34-27(50)18-43(31(51)23-49-44(19-30(44)46)36-47-21-25(45)22-48-36)17-16-41(8)26(35(34)43)10-11-29-40(7)14-13-32(55-33(52)20-38(3,4)37(53)54)39(5,6)28(40)12-15-42(29,41)9/h21-22,24,26,28-32,49,51H,10-20,23H2,1-9H3,(H,53,54)/t26-,28+,29-,30?,31-,32+,40+,41-,42-,43+,44?/m1/s1. The number of carboxylic acids is 1. The number of carboxylic acid groups (broad SMARTS) is 1. The highest BCUT2D eigenvalue weighted by atomic mass is 127. The first-order chi connectivity index (χ1) is 25.5. The fourth-order valence-electron chi connectivity index (χ4n) is 13.6. The van der Waals surface area contributed by atoms with Gasteiger partial charge in [0.2, 0.25) is 0 Å². The zero-order valence-corrected chi connectivity index (χ0v) is 37.3. The van der Waals surface area contributed by atoms with Gasteiger partial charge in [-0.25, -0.2) is 9.97 Å². The number of carbonyl (C=O) groups is 3. The van der Waals surface area contributed by atoms with Crippen molar-refractivity contribution >= 4 is 51.9 Å². The van der Waals surface area contributed by atoms with Gasteiger partial charge in [-0.2, -0.15) is 0 Å². The number of allylic oxidation sites excluding steroid dienone is 1. The summed E-state index contributed by atoms with van der Waals surface area (Å²) in [5.74, 6) is 0.620. The minimum absolute atomic E-state index is 0.0286. The number of aromatic nitrogens is 2. The highest BCUT2D eigenvalue weighted by Crippen LogP contribution is 2.77. The van der Waals surface area contributed by atoms with Crippen LogP contribution in [0.15, 0.2) is 23.5 Å². The van der Waals surface area contributed by atoms with Crippen molar-refractivity contribution in [3.05, 3.63) is 34.4 Å². The Bertz CT molecular complexity index is 1780. The number of alkyl halides is 1. The fourth-order valence-corrected chi connectivity index (χ4v) is 14.9. The normalized spacial score (nSPS) is 41.2. The molecule has 7 rings (SSSR count). The van der Waals surface area contributed by atoms with E-state index in [1.54, 1.807) is 26.2 Å². The number of Topliss-reactive ketones (excluding diaryl/α,β-unsaturated/α-hetero) is 1. The Morgan fingerprint density at radius 2 is 1.65 bits per heavy atom. The van der Waals surface area contributed by atoms with Gasteiger partial charge in [0.05, 0.1) is 28.5 Å². The highest BCUT2D eigenvalue weighted by Gasteiger charge is 2.71. The third kappa shape index (κ3) is 6.20. The molecule has 9 nitrogen and oxygen atoms in total. The number of hydrogen-bond donors (Lipinski definition) is 3. The van der Waals surface area contributed by atoms with Crippen LogP contribution in [-0.2, 0) is 24.7 Å². The third-order valence-electron chi connectivity index (χ3n) is 17.0. The number of aliphatic hydroxyl groups excluding tert-OH is 1. The average Bonchev–Trinajstić information content (AvgIpc) is 3.64. The first-order valence-electron chi connectivity index (χ1n) is 20.8. The van der Waals surface area contributed by atoms with Crippen molar-refractivity contribution in [3.8, 4) is 0 Å². The molecule has 11 atom stereocenters. The van der Waals surface area contributed by atoms with Crippen LogP contribution in [0.2, 0.25) is 5.02 Å². The summed E-state index contributed by atoms with van der Waals surface area (Å²) >= 11 is 8.56. The molecule has 3 N–H and O–H groups in total. The van der Waals surface area contributed by atoms with Crippen molar-refractivity contribution < 1.29 is 29.3 Å². The quantitative estimate of drug-likeness (QED) is 0.120. The molecule has 0 radical (unpaired) electrons. The predicted octanol–water partition coefficient (Wildman–Crippen LogP) is 8.88. The Labute approximate surface area is 346 Å². The maximum absolute atomic E-state index is 14.2. The van der Waals surface area contributed by atoms with E-state index in [4.69, 9.17) is 16.3 Å². The van der Waals surface area contributed by atoms with Gasteiger partial charge in [-0.3, -0.25) is 14.4 Å². The molecule has 1 aromatic rings. The Morgan fingerprint density at radius 1 is 1.00 bits per heavy atom. The summed E-state index contributed by atoms with van der Waals surface area (Å²) in [5.41, 5.74) is -0.167. The molecule has 0 amide bonds. The zero-order chi connectivity index (χ0) is 40.3. The molecule has 55 heavy (non-hydrogen) atoms. The number of ketones is 1. The molecule has 1 aromatic heterocycles. The smallest absolute Gasteiger partial charge is 0.309 e. The lowest BCUT2D eigenvalue weighted by Gasteiger charge is -2.72. The number of aliphatic hydroxyl groups is 1. The number of ether oxygens (including phenoxy) is 1. The number of nitrogens with zero attached hydrogens (tertiary/aromatic N) is 2. The van der Waals surface area contributed by atoms with E-state index < -0.39 is 34.4 Å². The van der Waals surface area contributed by atoms with E-state index in [0.717, 1.165) is 63.4 Å². The van der Waals surface area contributed by atoms with Gasteiger partial charge >= 0.3 is 11.9 Å². The second kappa shape index (κ2) is 13.7. The van der Waals surface area contributed by atoms with E-state index >= 15 is 0 Å². The number of esters is 1.